The summed E-state index contributed by atoms with van der Waals surface area (Å²) in [6, 6.07) is 0. The van der Waals surface area contributed by atoms with Crippen LogP contribution < -0.4 is 5.32 Å². The zero-order valence-electron chi connectivity index (χ0n) is 19.4. The Morgan fingerprint density at radius 3 is 1.54 bits per heavy atom. The molecule has 1 amide bonds. The average molecular weight is 399 g/mol. The first-order valence-electron chi connectivity index (χ1n) is 12.2. The number of carbonyl (C=O) groups excluding carboxylic acids is 1. The van der Waals surface area contributed by atoms with E-state index in [-0.39, 0.29) is 5.91 Å². The minimum atomic E-state index is 0.0657. The Kier molecular flexibility index (Phi) is 22.2. The van der Waals surface area contributed by atoms with Crippen molar-refractivity contribution < 1.29 is 9.53 Å². The lowest BCUT2D eigenvalue weighted by atomic mass is 10.0. The van der Waals surface area contributed by atoms with E-state index in [4.69, 9.17) is 4.74 Å². The second kappa shape index (κ2) is 22.7. The molecule has 0 spiro atoms. The first-order chi connectivity index (χ1) is 13.7. The fourth-order valence-electron chi connectivity index (χ4n) is 3.46. The predicted octanol–water partition coefficient (Wildman–Crippen LogP) is 5.94. The summed E-state index contributed by atoms with van der Waals surface area (Å²) in [5, 5.41) is 2.87. The van der Waals surface area contributed by atoms with Gasteiger partial charge in [0.05, 0.1) is 13.2 Å². The van der Waals surface area contributed by atoms with E-state index in [1.54, 1.807) is 0 Å². The Morgan fingerprint density at radius 1 is 0.679 bits per heavy atom. The van der Waals surface area contributed by atoms with Gasteiger partial charge in [-0.2, -0.15) is 0 Å². The van der Waals surface area contributed by atoms with Gasteiger partial charge in [0, 0.05) is 13.2 Å². The van der Waals surface area contributed by atoms with Crippen LogP contribution in [0.15, 0.2) is 0 Å². The summed E-state index contributed by atoms with van der Waals surface area (Å²) in [4.78, 5) is 13.3. The molecular weight excluding hydrogens is 348 g/mol. The van der Waals surface area contributed by atoms with Crippen molar-refractivity contribution in [3.05, 3.63) is 0 Å². The van der Waals surface area contributed by atoms with Gasteiger partial charge in [0.15, 0.2) is 0 Å². The summed E-state index contributed by atoms with van der Waals surface area (Å²) in [6.45, 7) is 4.79. The number of carbonyl (C=O) groups is 1. The fraction of sp³-hybridized carbons (Fsp3) is 0.958. The summed E-state index contributed by atoms with van der Waals surface area (Å²) >= 11 is 0. The molecule has 28 heavy (non-hydrogen) atoms. The highest BCUT2D eigenvalue weighted by Gasteiger charge is 2.01. The van der Waals surface area contributed by atoms with Crippen LogP contribution in [0.5, 0.6) is 0 Å². The number of nitrogens with one attached hydrogen (secondary N) is 1. The van der Waals surface area contributed by atoms with E-state index in [1.807, 2.05) is 19.0 Å². The first-order valence-corrected chi connectivity index (χ1v) is 12.2. The van der Waals surface area contributed by atoms with E-state index in [2.05, 4.69) is 12.2 Å². The summed E-state index contributed by atoms with van der Waals surface area (Å²) in [7, 11) is 3.79. The van der Waals surface area contributed by atoms with Crippen LogP contribution in [0.4, 0.5) is 0 Å². The summed E-state index contributed by atoms with van der Waals surface area (Å²) in [5.74, 6) is 0.0657. The van der Waals surface area contributed by atoms with Gasteiger partial charge in [-0.3, -0.25) is 4.79 Å². The minimum Gasteiger partial charge on any atom is -0.380 e. The van der Waals surface area contributed by atoms with E-state index in [0.29, 0.717) is 19.7 Å². The zero-order chi connectivity index (χ0) is 20.7. The number of hydrogen-bond acceptors (Lipinski definition) is 3. The molecule has 0 radical (unpaired) electrons. The first kappa shape index (κ1) is 27.4. The number of nitrogens with zero attached hydrogens (tertiary/aromatic N) is 1. The highest BCUT2D eigenvalue weighted by Crippen LogP contribution is 2.13. The summed E-state index contributed by atoms with van der Waals surface area (Å²) in [6.07, 6.45) is 22.3. The van der Waals surface area contributed by atoms with Crippen molar-refractivity contribution in [2.45, 2.75) is 110 Å². The standard InChI is InChI=1S/C24H50N2O2/c1-4-5-6-7-8-9-10-11-12-13-14-15-16-17-18-19-21-28-22-20-25-24(27)23-26(2)3/h4-23H2,1-3H3,(H,25,27). The number of likely N-dealkylation sites (N-methyl/N-ethyl adjacent to an activating group) is 1. The largest absolute Gasteiger partial charge is 0.380 e. The number of rotatable bonds is 22. The predicted molar refractivity (Wildman–Crippen MR) is 122 cm³/mol. The van der Waals surface area contributed by atoms with Gasteiger partial charge in [-0.05, 0) is 20.5 Å². The second-order valence-corrected chi connectivity index (χ2v) is 8.50. The Labute approximate surface area is 176 Å². The molecule has 168 valence electrons. The van der Waals surface area contributed by atoms with Gasteiger partial charge in [0.2, 0.25) is 5.91 Å². The molecule has 0 aliphatic heterocycles. The maximum absolute atomic E-state index is 11.4. The lowest BCUT2D eigenvalue weighted by Gasteiger charge is -2.10. The van der Waals surface area contributed by atoms with E-state index >= 15 is 0 Å². The molecule has 0 aromatic heterocycles. The lowest BCUT2D eigenvalue weighted by molar-refractivity contribution is -0.121. The van der Waals surface area contributed by atoms with Crippen molar-refractivity contribution in [1.29, 1.82) is 0 Å². The molecule has 0 aromatic carbocycles. The van der Waals surface area contributed by atoms with Crippen molar-refractivity contribution in [3.8, 4) is 0 Å². The fourth-order valence-corrected chi connectivity index (χ4v) is 3.46. The van der Waals surface area contributed by atoms with Crippen molar-refractivity contribution in [2.75, 3.05) is 40.4 Å². The van der Waals surface area contributed by atoms with Gasteiger partial charge in [-0.1, -0.05) is 103 Å². The molecule has 0 aliphatic carbocycles. The zero-order valence-corrected chi connectivity index (χ0v) is 19.4. The number of amides is 1. The molecule has 0 bridgehead atoms. The highest BCUT2D eigenvalue weighted by molar-refractivity contribution is 5.77. The number of unbranched alkanes of at least 4 members (excludes halogenated alkanes) is 15. The van der Waals surface area contributed by atoms with Crippen molar-refractivity contribution in [1.82, 2.24) is 10.2 Å². The molecule has 0 heterocycles. The molecule has 4 heteroatoms. The van der Waals surface area contributed by atoms with Gasteiger partial charge >= 0.3 is 0 Å². The normalized spacial score (nSPS) is 11.3. The van der Waals surface area contributed by atoms with E-state index in [0.717, 1.165) is 13.0 Å². The minimum absolute atomic E-state index is 0.0657. The van der Waals surface area contributed by atoms with E-state index in [9.17, 15) is 4.79 Å². The topological polar surface area (TPSA) is 41.6 Å². The molecule has 0 fully saturated rings. The van der Waals surface area contributed by atoms with Crippen LogP contribution in [0, 0.1) is 0 Å². The summed E-state index contributed by atoms with van der Waals surface area (Å²) < 4.78 is 5.58. The van der Waals surface area contributed by atoms with Crippen molar-refractivity contribution in [2.24, 2.45) is 0 Å². The van der Waals surface area contributed by atoms with Crippen LogP contribution in [-0.2, 0) is 9.53 Å². The molecule has 0 rings (SSSR count). The second-order valence-electron chi connectivity index (χ2n) is 8.50. The smallest absolute Gasteiger partial charge is 0.234 e. The number of hydrogen-bond donors (Lipinski definition) is 1. The molecule has 0 saturated carbocycles. The van der Waals surface area contributed by atoms with Gasteiger partial charge < -0.3 is 15.0 Å². The maximum atomic E-state index is 11.4. The monoisotopic (exact) mass is 398 g/mol. The van der Waals surface area contributed by atoms with Crippen molar-refractivity contribution in [3.63, 3.8) is 0 Å². The third-order valence-corrected chi connectivity index (χ3v) is 5.17. The van der Waals surface area contributed by atoms with Crippen LogP contribution in [0.3, 0.4) is 0 Å². The lowest BCUT2D eigenvalue weighted by Crippen LogP contribution is -2.35. The van der Waals surface area contributed by atoms with Crippen molar-refractivity contribution >= 4 is 5.91 Å². The third kappa shape index (κ3) is 23.4. The van der Waals surface area contributed by atoms with Crippen LogP contribution in [-0.4, -0.2) is 51.2 Å². The highest BCUT2D eigenvalue weighted by atomic mass is 16.5. The van der Waals surface area contributed by atoms with E-state index in [1.165, 1.54) is 96.3 Å². The average Bonchev–Trinajstić information content (AvgIpc) is 2.66. The molecule has 0 unspecified atom stereocenters. The van der Waals surface area contributed by atoms with Gasteiger partial charge in [0.25, 0.3) is 0 Å². The quantitative estimate of drug-likeness (QED) is 0.229. The Balaban J connectivity index is 3.06. The molecule has 4 nitrogen and oxygen atoms in total. The molecule has 0 saturated heterocycles. The Bertz CT molecular complexity index is 322. The van der Waals surface area contributed by atoms with Gasteiger partial charge in [0.1, 0.15) is 0 Å². The number of ether oxygens (including phenoxy) is 1. The van der Waals surface area contributed by atoms with Crippen LogP contribution in [0.1, 0.15) is 110 Å². The molecule has 0 aromatic rings. The van der Waals surface area contributed by atoms with Crippen LogP contribution >= 0.6 is 0 Å². The molecular formula is C24H50N2O2. The third-order valence-electron chi connectivity index (χ3n) is 5.17. The van der Waals surface area contributed by atoms with E-state index < -0.39 is 0 Å². The molecule has 0 aliphatic rings. The molecule has 0 atom stereocenters. The van der Waals surface area contributed by atoms with Gasteiger partial charge in [-0.15, -0.1) is 0 Å². The van der Waals surface area contributed by atoms with Crippen LogP contribution in [0.25, 0.3) is 0 Å². The molecule has 1 N–H and O–H groups in total. The SMILES string of the molecule is CCCCCCCCCCCCCCCCCCOCCNC(=O)CN(C)C. The maximum Gasteiger partial charge on any atom is 0.234 e. The van der Waals surface area contributed by atoms with Gasteiger partial charge in [-0.25, -0.2) is 0 Å². The Morgan fingerprint density at radius 2 is 1.11 bits per heavy atom. The Hall–Kier alpha value is -0.610. The summed E-state index contributed by atoms with van der Waals surface area (Å²) in [5.41, 5.74) is 0. The van der Waals surface area contributed by atoms with Crippen LogP contribution in [0.2, 0.25) is 0 Å².